The van der Waals surface area contributed by atoms with E-state index in [-0.39, 0.29) is 17.4 Å². The Labute approximate surface area is 189 Å². The summed E-state index contributed by atoms with van der Waals surface area (Å²) in [6.45, 7) is 2.11. The molecule has 4 rings (SSSR count). The predicted molar refractivity (Wildman–Crippen MR) is 124 cm³/mol. The minimum Gasteiger partial charge on any atom is -0.268 e. The fourth-order valence-electron chi connectivity index (χ4n) is 3.56. The summed E-state index contributed by atoms with van der Waals surface area (Å²) >= 11 is 0. The molecule has 1 N–H and O–H groups in total. The van der Waals surface area contributed by atoms with Gasteiger partial charge in [-0.25, -0.2) is 0 Å². The van der Waals surface area contributed by atoms with Gasteiger partial charge in [0, 0.05) is 12.3 Å². The van der Waals surface area contributed by atoms with E-state index < -0.39 is 16.2 Å². The summed E-state index contributed by atoms with van der Waals surface area (Å²) in [7, 11) is -3.84. The first-order valence-electron chi connectivity index (χ1n) is 10.5. The number of aliphatic imine (C=N–C) groups is 1. The molecule has 0 radical (unpaired) electrons. The van der Waals surface area contributed by atoms with E-state index in [0.717, 1.165) is 11.4 Å². The Morgan fingerprint density at radius 1 is 0.969 bits per heavy atom. The number of hydroxylamine groups is 1. The van der Waals surface area contributed by atoms with Crippen LogP contribution in [0.1, 0.15) is 29.0 Å². The third kappa shape index (κ3) is 5.62. The summed E-state index contributed by atoms with van der Waals surface area (Å²) in [6, 6.07) is 27.1. The molecule has 32 heavy (non-hydrogen) atoms. The SMILES string of the molecule is Cc1ccc(S(=O)(=O)OCC2CN=C(CC(c3ccccc3)c3ccccc3)NO2)cc1. The number of amidine groups is 1. The molecule has 0 aromatic heterocycles. The van der Waals surface area contributed by atoms with Crippen LogP contribution in [0.2, 0.25) is 0 Å². The lowest BCUT2D eigenvalue weighted by atomic mass is 9.88. The lowest BCUT2D eigenvalue weighted by Gasteiger charge is -2.25. The largest absolute Gasteiger partial charge is 0.297 e. The maximum Gasteiger partial charge on any atom is 0.297 e. The molecule has 1 aliphatic rings. The summed E-state index contributed by atoms with van der Waals surface area (Å²) in [5, 5.41) is 0. The molecule has 3 aromatic rings. The molecule has 0 fully saturated rings. The lowest BCUT2D eigenvalue weighted by molar-refractivity contribution is -0.0185. The molecule has 1 unspecified atom stereocenters. The quantitative estimate of drug-likeness (QED) is 0.520. The average Bonchev–Trinajstić information content (AvgIpc) is 2.83. The second-order valence-electron chi connectivity index (χ2n) is 7.76. The van der Waals surface area contributed by atoms with Gasteiger partial charge in [-0.3, -0.25) is 19.5 Å². The smallest absolute Gasteiger partial charge is 0.268 e. The van der Waals surface area contributed by atoms with Crippen LogP contribution in [-0.2, 0) is 19.1 Å². The number of hydrogen-bond acceptors (Lipinski definition) is 6. The Bertz CT molecular complexity index is 1110. The van der Waals surface area contributed by atoms with Crippen molar-refractivity contribution in [3.63, 3.8) is 0 Å². The minimum atomic E-state index is -3.84. The molecule has 6 nitrogen and oxygen atoms in total. The molecule has 166 valence electrons. The van der Waals surface area contributed by atoms with Crippen LogP contribution < -0.4 is 5.48 Å². The first kappa shape index (κ1) is 22.2. The molecule has 0 amide bonds. The summed E-state index contributed by atoms with van der Waals surface area (Å²) in [6.07, 6.45) is 0.148. The highest BCUT2D eigenvalue weighted by Crippen LogP contribution is 2.28. The third-order valence-electron chi connectivity index (χ3n) is 5.35. The fraction of sp³-hybridized carbons (Fsp3) is 0.240. The van der Waals surface area contributed by atoms with Gasteiger partial charge in [-0.05, 0) is 30.2 Å². The maximum absolute atomic E-state index is 12.4. The molecule has 0 bridgehead atoms. The molecular formula is C25H26N2O4S. The third-order valence-corrected chi connectivity index (χ3v) is 6.65. The second kappa shape index (κ2) is 10.1. The molecule has 0 saturated carbocycles. The Balaban J connectivity index is 1.38. The summed E-state index contributed by atoms with van der Waals surface area (Å²) in [5.74, 6) is 0.849. The summed E-state index contributed by atoms with van der Waals surface area (Å²) < 4.78 is 29.9. The maximum atomic E-state index is 12.4. The standard InChI is InChI=1S/C25H26N2O4S/c1-19-12-14-23(15-13-19)32(28,29)30-18-22-17-26-25(27-31-22)16-24(20-8-4-2-5-9-20)21-10-6-3-7-11-21/h2-15,22,24H,16-18H2,1H3,(H,26,27). The van der Waals surface area contributed by atoms with Crippen LogP contribution in [0.25, 0.3) is 0 Å². The molecule has 0 aliphatic carbocycles. The zero-order valence-electron chi connectivity index (χ0n) is 17.8. The molecule has 3 aromatic carbocycles. The average molecular weight is 451 g/mol. The van der Waals surface area contributed by atoms with Crippen LogP contribution in [0.15, 0.2) is 94.8 Å². The van der Waals surface area contributed by atoms with Gasteiger partial charge in [-0.15, -0.1) is 0 Å². The van der Waals surface area contributed by atoms with Crippen LogP contribution in [0.3, 0.4) is 0 Å². The van der Waals surface area contributed by atoms with Gasteiger partial charge in [0.2, 0.25) is 0 Å². The molecule has 0 saturated heterocycles. The Kier molecular flexibility index (Phi) is 6.99. The van der Waals surface area contributed by atoms with Crippen molar-refractivity contribution in [2.75, 3.05) is 13.2 Å². The van der Waals surface area contributed by atoms with Crippen molar-refractivity contribution in [2.24, 2.45) is 4.99 Å². The van der Waals surface area contributed by atoms with Crippen molar-refractivity contribution in [2.45, 2.75) is 30.3 Å². The van der Waals surface area contributed by atoms with Gasteiger partial charge in [-0.2, -0.15) is 8.42 Å². The van der Waals surface area contributed by atoms with Crippen LogP contribution >= 0.6 is 0 Å². The number of rotatable bonds is 8. The zero-order chi connectivity index (χ0) is 22.4. The van der Waals surface area contributed by atoms with Gasteiger partial charge in [-0.1, -0.05) is 78.4 Å². The van der Waals surface area contributed by atoms with Gasteiger partial charge in [0.25, 0.3) is 10.1 Å². The predicted octanol–water partition coefficient (Wildman–Crippen LogP) is 4.22. The first-order valence-corrected chi connectivity index (χ1v) is 11.9. The highest BCUT2D eigenvalue weighted by Gasteiger charge is 2.24. The van der Waals surface area contributed by atoms with Gasteiger partial charge < -0.3 is 0 Å². The Morgan fingerprint density at radius 3 is 2.09 bits per heavy atom. The number of nitrogens with one attached hydrogen (secondary N) is 1. The number of nitrogens with zero attached hydrogens (tertiary/aromatic N) is 1. The minimum absolute atomic E-state index is 0.110. The van der Waals surface area contributed by atoms with Crippen molar-refractivity contribution in [1.29, 1.82) is 0 Å². The molecular weight excluding hydrogens is 424 g/mol. The second-order valence-corrected chi connectivity index (χ2v) is 9.37. The van der Waals surface area contributed by atoms with Crippen molar-refractivity contribution in [1.82, 2.24) is 5.48 Å². The Hall–Kier alpha value is -3.00. The van der Waals surface area contributed by atoms with Crippen LogP contribution in [0, 0.1) is 6.92 Å². The van der Waals surface area contributed by atoms with Crippen LogP contribution in [0.4, 0.5) is 0 Å². The number of benzene rings is 3. The van der Waals surface area contributed by atoms with E-state index in [4.69, 9.17) is 9.02 Å². The number of aryl methyl sites for hydroxylation is 1. The van der Waals surface area contributed by atoms with E-state index in [1.165, 1.54) is 23.3 Å². The van der Waals surface area contributed by atoms with Gasteiger partial charge in [0.05, 0.1) is 18.0 Å². The normalized spacial score (nSPS) is 16.4. The molecule has 7 heteroatoms. The van der Waals surface area contributed by atoms with Gasteiger partial charge >= 0.3 is 0 Å². The molecule has 1 aliphatic heterocycles. The molecule has 1 heterocycles. The molecule has 0 spiro atoms. The fourth-order valence-corrected chi connectivity index (χ4v) is 4.49. The van der Waals surface area contributed by atoms with E-state index in [0.29, 0.717) is 13.0 Å². The number of hydrogen-bond donors (Lipinski definition) is 1. The Morgan fingerprint density at radius 2 is 1.56 bits per heavy atom. The topological polar surface area (TPSA) is 77.0 Å². The van der Waals surface area contributed by atoms with E-state index >= 15 is 0 Å². The van der Waals surface area contributed by atoms with Crippen LogP contribution in [0.5, 0.6) is 0 Å². The monoisotopic (exact) mass is 450 g/mol. The summed E-state index contributed by atoms with van der Waals surface area (Å²) in [4.78, 5) is 10.4. The zero-order valence-corrected chi connectivity index (χ0v) is 18.7. The first-order chi connectivity index (χ1) is 15.5. The van der Waals surface area contributed by atoms with E-state index in [9.17, 15) is 8.42 Å². The van der Waals surface area contributed by atoms with Crippen molar-refractivity contribution in [3.8, 4) is 0 Å². The summed E-state index contributed by atoms with van der Waals surface area (Å²) in [5.41, 5.74) is 6.26. The van der Waals surface area contributed by atoms with E-state index in [1.54, 1.807) is 12.1 Å². The highest BCUT2D eigenvalue weighted by atomic mass is 32.2. The van der Waals surface area contributed by atoms with Gasteiger partial charge in [0.15, 0.2) is 0 Å². The van der Waals surface area contributed by atoms with Crippen molar-refractivity contribution >= 4 is 16.0 Å². The lowest BCUT2D eigenvalue weighted by Crippen LogP contribution is -2.40. The highest BCUT2D eigenvalue weighted by molar-refractivity contribution is 7.86. The van der Waals surface area contributed by atoms with Crippen molar-refractivity contribution in [3.05, 3.63) is 102 Å². The van der Waals surface area contributed by atoms with E-state index in [2.05, 4.69) is 34.7 Å². The van der Waals surface area contributed by atoms with Crippen molar-refractivity contribution < 1.29 is 17.4 Å². The van der Waals surface area contributed by atoms with E-state index in [1.807, 2.05) is 43.3 Å². The molecule has 1 atom stereocenters. The van der Waals surface area contributed by atoms with Crippen LogP contribution in [-0.4, -0.2) is 33.5 Å². The van der Waals surface area contributed by atoms with Gasteiger partial charge in [0.1, 0.15) is 11.9 Å².